The molecule has 0 aliphatic carbocycles. The smallest absolute Gasteiger partial charge is 0.348 e. The van der Waals surface area contributed by atoms with Gasteiger partial charge >= 0.3 is 11.9 Å². The zero-order valence-corrected chi connectivity index (χ0v) is 24.4. The molecule has 0 saturated heterocycles. The highest BCUT2D eigenvalue weighted by molar-refractivity contribution is 7.99. The molecule has 0 saturated carbocycles. The third kappa shape index (κ3) is 7.30. The van der Waals surface area contributed by atoms with Crippen LogP contribution < -0.4 is 14.8 Å². The number of hydrogen-bond donors (Lipinski definition) is 1. The van der Waals surface area contributed by atoms with E-state index >= 15 is 0 Å². The Morgan fingerprint density at radius 2 is 1.67 bits per heavy atom. The molecule has 1 atom stereocenters. The van der Waals surface area contributed by atoms with Gasteiger partial charge in [0.1, 0.15) is 21.4 Å². The van der Waals surface area contributed by atoms with Gasteiger partial charge in [0.15, 0.2) is 17.1 Å². The van der Waals surface area contributed by atoms with Gasteiger partial charge in [-0.3, -0.25) is 4.79 Å². The molecule has 3 rings (SSSR count). The predicted octanol–water partition coefficient (Wildman–Crippen LogP) is 4.90. The maximum absolute atomic E-state index is 12.9. The first-order chi connectivity index (χ1) is 18.7. The highest BCUT2D eigenvalue weighted by Crippen LogP contribution is 2.35. The lowest BCUT2D eigenvalue weighted by atomic mass is 10.1. The number of hydrogen-bond acceptors (Lipinski definition) is 11. The number of nitrogens with one attached hydrogen (secondary N) is 1. The van der Waals surface area contributed by atoms with E-state index in [0.29, 0.717) is 28.8 Å². The van der Waals surface area contributed by atoms with E-state index in [0.717, 1.165) is 17.1 Å². The molecule has 210 valence electrons. The van der Waals surface area contributed by atoms with E-state index in [1.165, 1.54) is 11.8 Å². The van der Waals surface area contributed by atoms with Crippen LogP contribution in [0.4, 0.5) is 5.00 Å². The maximum atomic E-state index is 12.9. The zero-order chi connectivity index (χ0) is 28.5. The van der Waals surface area contributed by atoms with Crippen LogP contribution in [0.2, 0.25) is 0 Å². The molecule has 39 heavy (non-hydrogen) atoms. The average Bonchev–Trinajstić information content (AvgIpc) is 3.48. The molecule has 1 unspecified atom stereocenters. The summed E-state index contributed by atoms with van der Waals surface area (Å²) < 4.78 is 23.3. The van der Waals surface area contributed by atoms with E-state index < -0.39 is 18.0 Å². The van der Waals surface area contributed by atoms with Crippen LogP contribution in [-0.2, 0) is 20.8 Å². The summed E-state index contributed by atoms with van der Waals surface area (Å²) in [7, 11) is 1.60. The monoisotopic (exact) mass is 576 g/mol. The van der Waals surface area contributed by atoms with E-state index in [1.54, 1.807) is 27.9 Å². The number of benzene rings is 1. The van der Waals surface area contributed by atoms with Crippen molar-refractivity contribution in [3.8, 4) is 11.5 Å². The van der Waals surface area contributed by atoms with E-state index in [2.05, 4.69) is 15.5 Å². The largest absolute Gasteiger partial charge is 0.497 e. The minimum absolute atomic E-state index is 0.000194. The Morgan fingerprint density at radius 1 is 1.03 bits per heavy atom. The number of thiophene rings is 1. The molecular weight excluding hydrogens is 544 g/mol. The minimum atomic E-state index is -0.619. The van der Waals surface area contributed by atoms with Crippen LogP contribution in [0.5, 0.6) is 11.5 Å². The molecule has 2 heterocycles. The van der Waals surface area contributed by atoms with Crippen LogP contribution >= 0.6 is 23.1 Å². The fraction of sp³-hybridized carbons (Fsp3) is 0.423. The van der Waals surface area contributed by atoms with E-state index in [9.17, 15) is 14.4 Å². The van der Waals surface area contributed by atoms with Gasteiger partial charge in [0, 0.05) is 6.54 Å². The Labute approximate surface area is 235 Å². The van der Waals surface area contributed by atoms with Gasteiger partial charge < -0.3 is 28.8 Å². The maximum Gasteiger partial charge on any atom is 0.348 e. The lowest BCUT2D eigenvalue weighted by Crippen LogP contribution is -2.17. The second-order valence-corrected chi connectivity index (χ2v) is 10.0. The zero-order valence-electron chi connectivity index (χ0n) is 22.7. The predicted molar refractivity (Wildman–Crippen MR) is 148 cm³/mol. The van der Waals surface area contributed by atoms with Gasteiger partial charge in [-0.2, -0.15) is 0 Å². The standard InChI is InChI=1S/C26H32N4O7S2/c1-7-30-22(16(5)37-18-12-10-17(34-6)11-13-18)28-29-26(30)38-14-19(31)27-23-20(24(32)35-8-2)15(4)21(39-23)25(33)36-9-3/h10-13,16H,7-9,14H2,1-6H3,(H,27,31). The summed E-state index contributed by atoms with van der Waals surface area (Å²) in [5.41, 5.74) is 0.549. The fourth-order valence-electron chi connectivity index (χ4n) is 3.65. The number of nitrogens with zero attached hydrogens (tertiary/aromatic N) is 3. The number of aromatic nitrogens is 3. The molecule has 11 nitrogen and oxygen atoms in total. The number of methoxy groups -OCH3 is 1. The summed E-state index contributed by atoms with van der Waals surface area (Å²) in [4.78, 5) is 38.1. The first kappa shape index (κ1) is 30.0. The highest BCUT2D eigenvalue weighted by Gasteiger charge is 2.27. The quantitative estimate of drug-likeness (QED) is 0.221. The Bertz CT molecular complexity index is 1300. The minimum Gasteiger partial charge on any atom is -0.497 e. The van der Waals surface area contributed by atoms with Crippen molar-refractivity contribution in [1.29, 1.82) is 0 Å². The molecule has 3 aromatic rings. The van der Waals surface area contributed by atoms with Crippen LogP contribution in [0, 0.1) is 6.92 Å². The number of rotatable bonds is 13. The van der Waals surface area contributed by atoms with Crippen molar-refractivity contribution in [3.63, 3.8) is 0 Å². The van der Waals surface area contributed by atoms with Gasteiger partial charge in [0.05, 0.1) is 31.6 Å². The summed E-state index contributed by atoms with van der Waals surface area (Å²) in [5.74, 6) is 0.452. The topological polar surface area (TPSA) is 131 Å². The Kier molecular flexibility index (Phi) is 10.8. The van der Waals surface area contributed by atoms with Gasteiger partial charge in [0.25, 0.3) is 0 Å². The SMILES string of the molecule is CCOC(=O)c1sc(NC(=O)CSc2nnc(C(C)Oc3ccc(OC)cc3)n2CC)c(C(=O)OCC)c1C. The second-order valence-electron chi connectivity index (χ2n) is 8.06. The Morgan fingerprint density at radius 3 is 2.28 bits per heavy atom. The first-order valence-electron chi connectivity index (χ1n) is 12.4. The molecule has 0 radical (unpaired) electrons. The van der Waals surface area contributed by atoms with Gasteiger partial charge in [0.2, 0.25) is 5.91 Å². The molecule has 0 bridgehead atoms. The van der Waals surface area contributed by atoms with Crippen molar-refractivity contribution < 1.29 is 33.3 Å². The fourth-order valence-corrected chi connectivity index (χ4v) is 5.56. The summed E-state index contributed by atoms with van der Waals surface area (Å²) in [6, 6.07) is 7.24. The molecule has 1 amide bonds. The Balaban J connectivity index is 1.71. The summed E-state index contributed by atoms with van der Waals surface area (Å²) in [6.07, 6.45) is -0.392. The molecule has 0 aliphatic heterocycles. The molecule has 0 fully saturated rings. The van der Waals surface area contributed by atoms with Crippen molar-refractivity contribution >= 4 is 45.9 Å². The molecular formula is C26H32N4O7S2. The van der Waals surface area contributed by atoms with Gasteiger partial charge in [-0.1, -0.05) is 11.8 Å². The lowest BCUT2D eigenvalue weighted by molar-refractivity contribution is -0.113. The second kappa shape index (κ2) is 14.0. The van der Waals surface area contributed by atoms with Crippen LogP contribution in [0.15, 0.2) is 29.4 Å². The van der Waals surface area contributed by atoms with Crippen LogP contribution in [0.25, 0.3) is 0 Å². The van der Waals surface area contributed by atoms with Crippen molar-refractivity contribution in [2.75, 3.05) is 31.4 Å². The third-order valence-electron chi connectivity index (χ3n) is 5.47. The number of carbonyl (C=O) groups excluding carboxylic acids is 3. The average molecular weight is 577 g/mol. The van der Waals surface area contributed by atoms with E-state index in [-0.39, 0.29) is 40.3 Å². The number of anilines is 1. The van der Waals surface area contributed by atoms with Gasteiger partial charge in [-0.05, 0) is 64.4 Å². The van der Waals surface area contributed by atoms with Crippen molar-refractivity contribution in [3.05, 3.63) is 46.1 Å². The van der Waals surface area contributed by atoms with Crippen molar-refractivity contribution in [2.24, 2.45) is 0 Å². The van der Waals surface area contributed by atoms with Gasteiger partial charge in [-0.25, -0.2) is 9.59 Å². The summed E-state index contributed by atoms with van der Waals surface area (Å²) in [5, 5.41) is 12.1. The number of ether oxygens (including phenoxy) is 4. The molecule has 1 N–H and O–H groups in total. The molecule has 13 heteroatoms. The Hall–Kier alpha value is -3.58. The summed E-state index contributed by atoms with van der Waals surface area (Å²) >= 11 is 2.18. The molecule has 0 aliphatic rings. The van der Waals surface area contributed by atoms with Crippen LogP contribution in [0.1, 0.15) is 65.2 Å². The number of amides is 1. The molecule has 0 spiro atoms. The first-order valence-corrected chi connectivity index (χ1v) is 14.2. The van der Waals surface area contributed by atoms with Crippen molar-refractivity contribution in [1.82, 2.24) is 14.8 Å². The van der Waals surface area contributed by atoms with E-state index in [4.69, 9.17) is 18.9 Å². The highest BCUT2D eigenvalue weighted by atomic mass is 32.2. The number of thioether (sulfide) groups is 1. The molecule has 1 aromatic carbocycles. The van der Waals surface area contributed by atoms with Gasteiger partial charge in [-0.15, -0.1) is 21.5 Å². The van der Waals surface area contributed by atoms with Crippen LogP contribution in [-0.4, -0.2) is 58.7 Å². The normalized spacial score (nSPS) is 11.5. The number of esters is 2. The third-order valence-corrected chi connectivity index (χ3v) is 7.62. The number of carbonyl (C=O) groups is 3. The molecule has 2 aromatic heterocycles. The van der Waals surface area contributed by atoms with E-state index in [1.807, 2.05) is 42.7 Å². The lowest BCUT2D eigenvalue weighted by Gasteiger charge is -2.15. The summed E-state index contributed by atoms with van der Waals surface area (Å²) in [6.45, 7) is 9.74. The van der Waals surface area contributed by atoms with Crippen LogP contribution in [0.3, 0.4) is 0 Å². The van der Waals surface area contributed by atoms with Crippen molar-refractivity contribution in [2.45, 2.75) is 52.4 Å².